The Labute approximate surface area is 122 Å². The highest BCUT2D eigenvalue weighted by atomic mass is 16.1. The zero-order valence-corrected chi connectivity index (χ0v) is 12.6. The van der Waals surface area contributed by atoms with Gasteiger partial charge >= 0.3 is 0 Å². The van der Waals surface area contributed by atoms with Gasteiger partial charge in [0.05, 0.1) is 0 Å². The second kappa shape index (κ2) is 7.23. The number of hydrogen-bond donors (Lipinski definition) is 0. The molecule has 0 aliphatic carbocycles. The van der Waals surface area contributed by atoms with Crippen molar-refractivity contribution in [2.75, 3.05) is 0 Å². The molecule has 0 aliphatic rings. The first kappa shape index (κ1) is 14.8. The summed E-state index contributed by atoms with van der Waals surface area (Å²) in [6.07, 6.45) is 7.86. The van der Waals surface area contributed by atoms with E-state index in [1.54, 1.807) is 0 Å². The van der Waals surface area contributed by atoms with E-state index in [2.05, 4.69) is 32.0 Å². The summed E-state index contributed by atoms with van der Waals surface area (Å²) in [5, 5.41) is 2.30. The minimum Gasteiger partial charge on any atom is -0.298 e. The van der Waals surface area contributed by atoms with Crippen LogP contribution in [0.1, 0.15) is 61.0 Å². The maximum absolute atomic E-state index is 11.6. The van der Waals surface area contributed by atoms with Crippen LogP contribution >= 0.6 is 0 Å². The van der Waals surface area contributed by atoms with Crippen molar-refractivity contribution in [3.63, 3.8) is 0 Å². The average molecular weight is 268 g/mol. The Morgan fingerprint density at radius 2 is 1.70 bits per heavy atom. The SMILES string of the molecule is CCCCc1cc2ccccc2c(C=O)c1CCCC. The summed E-state index contributed by atoms with van der Waals surface area (Å²) in [6, 6.07) is 10.5. The predicted molar refractivity (Wildman–Crippen MR) is 86.6 cm³/mol. The second-order valence-corrected chi connectivity index (χ2v) is 5.47. The minimum absolute atomic E-state index is 0.919. The standard InChI is InChI=1S/C19H24O/c1-3-5-9-15-13-16-10-7-8-12-18(16)19(14-20)17(15)11-6-4-2/h7-8,10,12-14H,3-6,9,11H2,1-2H3. The number of hydrogen-bond acceptors (Lipinski definition) is 1. The van der Waals surface area contributed by atoms with E-state index in [0.29, 0.717) is 0 Å². The highest BCUT2D eigenvalue weighted by Gasteiger charge is 2.12. The third-order valence-corrected chi connectivity index (χ3v) is 3.99. The van der Waals surface area contributed by atoms with Crippen molar-refractivity contribution in [2.45, 2.75) is 52.4 Å². The van der Waals surface area contributed by atoms with Gasteiger partial charge in [0, 0.05) is 5.56 Å². The lowest BCUT2D eigenvalue weighted by Crippen LogP contribution is -2.02. The smallest absolute Gasteiger partial charge is 0.150 e. The number of fused-ring (bicyclic) bond motifs is 1. The van der Waals surface area contributed by atoms with Crippen LogP contribution in [0.2, 0.25) is 0 Å². The molecule has 0 N–H and O–H groups in total. The Kier molecular flexibility index (Phi) is 5.34. The molecular weight excluding hydrogens is 244 g/mol. The van der Waals surface area contributed by atoms with Gasteiger partial charge in [-0.1, -0.05) is 57.0 Å². The maximum atomic E-state index is 11.6. The molecule has 106 valence electrons. The summed E-state index contributed by atoms with van der Waals surface area (Å²) < 4.78 is 0. The lowest BCUT2D eigenvalue weighted by atomic mass is 9.89. The van der Waals surface area contributed by atoms with Gasteiger partial charge in [-0.15, -0.1) is 0 Å². The number of unbranched alkanes of at least 4 members (excludes halogenated alkanes) is 2. The van der Waals surface area contributed by atoms with E-state index in [1.807, 2.05) is 12.1 Å². The van der Waals surface area contributed by atoms with Gasteiger partial charge < -0.3 is 0 Å². The van der Waals surface area contributed by atoms with Crippen molar-refractivity contribution in [2.24, 2.45) is 0 Å². The quantitative estimate of drug-likeness (QED) is 0.620. The van der Waals surface area contributed by atoms with Gasteiger partial charge in [-0.25, -0.2) is 0 Å². The van der Waals surface area contributed by atoms with E-state index < -0.39 is 0 Å². The summed E-state index contributed by atoms with van der Waals surface area (Å²) in [5.74, 6) is 0. The van der Waals surface area contributed by atoms with E-state index in [4.69, 9.17) is 0 Å². The van der Waals surface area contributed by atoms with Gasteiger partial charge in [0.25, 0.3) is 0 Å². The van der Waals surface area contributed by atoms with Gasteiger partial charge in [0.1, 0.15) is 0 Å². The Bertz CT molecular complexity index is 584. The van der Waals surface area contributed by atoms with Gasteiger partial charge in [-0.05, 0) is 47.6 Å². The van der Waals surface area contributed by atoms with Crippen molar-refractivity contribution >= 4 is 17.1 Å². The lowest BCUT2D eigenvalue weighted by Gasteiger charge is -2.15. The van der Waals surface area contributed by atoms with Crippen LogP contribution < -0.4 is 0 Å². The highest BCUT2D eigenvalue weighted by molar-refractivity contribution is 6.00. The molecule has 0 spiro atoms. The van der Waals surface area contributed by atoms with Crippen LogP contribution in [0.4, 0.5) is 0 Å². The number of rotatable bonds is 7. The van der Waals surface area contributed by atoms with Crippen LogP contribution in [-0.2, 0) is 12.8 Å². The fraction of sp³-hybridized carbons (Fsp3) is 0.421. The van der Waals surface area contributed by atoms with Crippen LogP contribution in [-0.4, -0.2) is 6.29 Å². The van der Waals surface area contributed by atoms with Crippen LogP contribution in [0.15, 0.2) is 30.3 Å². The highest BCUT2D eigenvalue weighted by Crippen LogP contribution is 2.27. The number of benzene rings is 2. The summed E-state index contributed by atoms with van der Waals surface area (Å²) in [4.78, 5) is 11.6. The number of carbonyl (C=O) groups is 1. The lowest BCUT2D eigenvalue weighted by molar-refractivity contribution is 0.112. The molecule has 0 atom stereocenters. The Morgan fingerprint density at radius 1 is 1.00 bits per heavy atom. The zero-order valence-electron chi connectivity index (χ0n) is 12.6. The molecule has 1 heteroatoms. The van der Waals surface area contributed by atoms with E-state index in [0.717, 1.165) is 36.5 Å². The van der Waals surface area contributed by atoms with Crippen LogP contribution in [0.25, 0.3) is 10.8 Å². The number of aldehydes is 1. The predicted octanol–water partition coefficient (Wildman–Crippen LogP) is 5.34. The second-order valence-electron chi connectivity index (χ2n) is 5.47. The molecule has 20 heavy (non-hydrogen) atoms. The molecule has 0 heterocycles. The third kappa shape index (κ3) is 3.09. The molecule has 0 radical (unpaired) electrons. The van der Waals surface area contributed by atoms with E-state index in [1.165, 1.54) is 35.8 Å². The summed E-state index contributed by atoms with van der Waals surface area (Å²) >= 11 is 0. The third-order valence-electron chi connectivity index (χ3n) is 3.99. The van der Waals surface area contributed by atoms with Crippen molar-refractivity contribution < 1.29 is 4.79 Å². The largest absolute Gasteiger partial charge is 0.298 e. The summed E-state index contributed by atoms with van der Waals surface area (Å²) in [7, 11) is 0. The molecule has 0 aromatic heterocycles. The molecule has 2 aromatic rings. The van der Waals surface area contributed by atoms with E-state index in [9.17, 15) is 4.79 Å². The van der Waals surface area contributed by atoms with Crippen molar-refractivity contribution in [1.29, 1.82) is 0 Å². The minimum atomic E-state index is 0.919. The van der Waals surface area contributed by atoms with Gasteiger partial charge in [0.2, 0.25) is 0 Å². The summed E-state index contributed by atoms with van der Waals surface area (Å²) in [6.45, 7) is 4.42. The molecular formula is C19H24O. The zero-order chi connectivity index (χ0) is 14.4. The van der Waals surface area contributed by atoms with Crippen molar-refractivity contribution in [3.05, 3.63) is 47.0 Å². The monoisotopic (exact) mass is 268 g/mol. The molecule has 1 nitrogen and oxygen atoms in total. The average Bonchev–Trinajstić information content (AvgIpc) is 2.49. The molecule has 0 saturated heterocycles. The van der Waals surface area contributed by atoms with Crippen molar-refractivity contribution in [3.8, 4) is 0 Å². The first-order valence-electron chi connectivity index (χ1n) is 7.80. The molecule has 2 aromatic carbocycles. The van der Waals surface area contributed by atoms with Gasteiger partial charge in [-0.2, -0.15) is 0 Å². The fourth-order valence-corrected chi connectivity index (χ4v) is 2.85. The molecule has 0 unspecified atom stereocenters. The maximum Gasteiger partial charge on any atom is 0.150 e. The topological polar surface area (TPSA) is 17.1 Å². The summed E-state index contributed by atoms with van der Waals surface area (Å²) in [5.41, 5.74) is 3.58. The Balaban J connectivity index is 2.57. The van der Waals surface area contributed by atoms with Crippen LogP contribution in [0.3, 0.4) is 0 Å². The Morgan fingerprint density at radius 3 is 2.40 bits per heavy atom. The number of aryl methyl sites for hydroxylation is 1. The molecule has 0 fully saturated rings. The molecule has 0 aliphatic heterocycles. The molecule has 0 amide bonds. The van der Waals surface area contributed by atoms with Crippen LogP contribution in [0.5, 0.6) is 0 Å². The first-order valence-corrected chi connectivity index (χ1v) is 7.80. The Hall–Kier alpha value is -1.63. The molecule has 0 bridgehead atoms. The van der Waals surface area contributed by atoms with Crippen LogP contribution in [0, 0.1) is 0 Å². The van der Waals surface area contributed by atoms with Gasteiger partial charge in [-0.3, -0.25) is 4.79 Å². The first-order chi connectivity index (χ1) is 9.81. The van der Waals surface area contributed by atoms with E-state index in [-0.39, 0.29) is 0 Å². The number of carbonyl (C=O) groups excluding carboxylic acids is 1. The van der Waals surface area contributed by atoms with Gasteiger partial charge in [0.15, 0.2) is 6.29 Å². The fourth-order valence-electron chi connectivity index (χ4n) is 2.85. The molecule has 0 saturated carbocycles. The molecule has 2 rings (SSSR count). The van der Waals surface area contributed by atoms with Crippen molar-refractivity contribution in [1.82, 2.24) is 0 Å². The van der Waals surface area contributed by atoms with E-state index >= 15 is 0 Å². The normalized spacial score (nSPS) is 10.9.